The van der Waals surface area contributed by atoms with Gasteiger partial charge in [0.05, 0.1) is 21.7 Å². The molecule has 25 heavy (non-hydrogen) atoms. The van der Waals surface area contributed by atoms with Crippen LogP contribution in [-0.2, 0) is 9.59 Å². The zero-order chi connectivity index (χ0) is 17.7. The Hall–Kier alpha value is -2.92. The molecule has 0 aliphatic carbocycles. The number of rotatable bonds is 2. The molecule has 0 bridgehead atoms. The summed E-state index contributed by atoms with van der Waals surface area (Å²) in [6, 6.07) is 10.7. The topological polar surface area (TPSA) is 55.2 Å². The predicted octanol–water partition coefficient (Wildman–Crippen LogP) is 3.72. The van der Waals surface area contributed by atoms with Crippen LogP contribution in [0.4, 0.5) is 5.69 Å². The molecule has 5 nitrogen and oxygen atoms in total. The highest BCUT2D eigenvalue weighted by molar-refractivity contribution is 6.44. The molecule has 0 saturated heterocycles. The minimum Gasteiger partial charge on any atom is -0.293 e. The molecule has 1 aliphatic heterocycles. The van der Waals surface area contributed by atoms with Gasteiger partial charge in [0.25, 0.3) is 11.8 Å². The fourth-order valence-corrected chi connectivity index (χ4v) is 3.17. The van der Waals surface area contributed by atoms with Crippen LogP contribution in [0.15, 0.2) is 48.8 Å². The van der Waals surface area contributed by atoms with E-state index in [-0.39, 0.29) is 5.70 Å². The van der Waals surface area contributed by atoms with Gasteiger partial charge in [-0.15, -0.1) is 0 Å². The molecule has 1 aliphatic rings. The number of nitrogens with zero attached hydrogens (tertiary/aromatic N) is 3. The fraction of sp³-hybridized carbons (Fsp3) is 0.105. The Balaban J connectivity index is 1.82. The van der Waals surface area contributed by atoms with Crippen molar-refractivity contribution in [3.05, 3.63) is 65.0 Å². The van der Waals surface area contributed by atoms with Crippen molar-refractivity contribution >= 4 is 45.8 Å². The molecule has 2 amide bonds. The van der Waals surface area contributed by atoms with E-state index in [2.05, 4.69) is 4.98 Å². The summed E-state index contributed by atoms with van der Waals surface area (Å²) in [7, 11) is 0. The Morgan fingerprint density at radius 1 is 1.04 bits per heavy atom. The SMILES string of the molecule is Cc1cc2ncn(C3=CC(=O)N(c4ccccc4Cl)C3=O)c2cc1C. The minimum atomic E-state index is -0.421. The summed E-state index contributed by atoms with van der Waals surface area (Å²) in [5.41, 5.74) is 4.42. The molecule has 0 N–H and O–H groups in total. The Labute approximate surface area is 149 Å². The van der Waals surface area contributed by atoms with Gasteiger partial charge in [-0.25, -0.2) is 9.88 Å². The van der Waals surface area contributed by atoms with Gasteiger partial charge in [-0.2, -0.15) is 0 Å². The number of carbonyl (C=O) groups excluding carboxylic acids is 2. The van der Waals surface area contributed by atoms with Gasteiger partial charge in [0.15, 0.2) is 0 Å². The Kier molecular flexibility index (Phi) is 3.47. The summed E-state index contributed by atoms with van der Waals surface area (Å²) in [5.74, 6) is -0.839. The first-order chi connectivity index (χ1) is 12.0. The van der Waals surface area contributed by atoms with Crippen molar-refractivity contribution in [1.29, 1.82) is 0 Å². The number of halogens is 1. The van der Waals surface area contributed by atoms with Crippen molar-refractivity contribution in [1.82, 2.24) is 9.55 Å². The van der Waals surface area contributed by atoms with Crippen LogP contribution in [-0.4, -0.2) is 21.4 Å². The zero-order valence-corrected chi connectivity index (χ0v) is 14.4. The number of benzene rings is 2. The van der Waals surface area contributed by atoms with Gasteiger partial charge >= 0.3 is 0 Å². The second-order valence-electron chi connectivity index (χ2n) is 6.00. The van der Waals surface area contributed by atoms with E-state index >= 15 is 0 Å². The molecule has 0 unspecified atom stereocenters. The first-order valence-electron chi connectivity index (χ1n) is 7.76. The maximum atomic E-state index is 12.9. The molecule has 0 radical (unpaired) electrons. The smallest absolute Gasteiger partial charge is 0.282 e. The molecule has 0 fully saturated rings. The Morgan fingerprint density at radius 3 is 2.52 bits per heavy atom. The van der Waals surface area contributed by atoms with E-state index in [4.69, 9.17) is 11.6 Å². The second kappa shape index (κ2) is 5.57. The quantitative estimate of drug-likeness (QED) is 0.661. The van der Waals surface area contributed by atoms with Crippen molar-refractivity contribution in [2.45, 2.75) is 13.8 Å². The van der Waals surface area contributed by atoms with Gasteiger partial charge in [-0.3, -0.25) is 14.2 Å². The van der Waals surface area contributed by atoms with E-state index in [9.17, 15) is 9.59 Å². The summed E-state index contributed by atoms with van der Waals surface area (Å²) >= 11 is 6.15. The van der Waals surface area contributed by atoms with Crippen molar-refractivity contribution in [2.24, 2.45) is 0 Å². The third kappa shape index (κ3) is 2.36. The maximum Gasteiger partial charge on any atom is 0.282 e. The third-order valence-corrected chi connectivity index (χ3v) is 4.74. The number of imidazole rings is 1. The van der Waals surface area contributed by atoms with Gasteiger partial charge < -0.3 is 0 Å². The number of hydrogen-bond acceptors (Lipinski definition) is 3. The molecule has 124 valence electrons. The third-order valence-electron chi connectivity index (χ3n) is 4.42. The van der Waals surface area contributed by atoms with E-state index in [1.165, 1.54) is 6.08 Å². The van der Waals surface area contributed by atoms with E-state index in [0.717, 1.165) is 27.1 Å². The first kappa shape index (κ1) is 15.6. The molecule has 2 aromatic carbocycles. The maximum absolute atomic E-state index is 12.9. The van der Waals surface area contributed by atoms with E-state index in [1.807, 2.05) is 26.0 Å². The van der Waals surface area contributed by atoms with Crippen molar-refractivity contribution < 1.29 is 9.59 Å². The Morgan fingerprint density at radius 2 is 1.76 bits per heavy atom. The molecule has 0 atom stereocenters. The van der Waals surface area contributed by atoms with Gasteiger partial charge in [-0.05, 0) is 49.2 Å². The number of carbonyl (C=O) groups is 2. The van der Waals surface area contributed by atoms with Crippen LogP contribution in [0.5, 0.6) is 0 Å². The van der Waals surface area contributed by atoms with Crippen LogP contribution in [0.3, 0.4) is 0 Å². The van der Waals surface area contributed by atoms with E-state index in [0.29, 0.717) is 10.7 Å². The van der Waals surface area contributed by atoms with Gasteiger partial charge in [0.1, 0.15) is 12.0 Å². The van der Waals surface area contributed by atoms with E-state index in [1.54, 1.807) is 35.2 Å². The highest BCUT2D eigenvalue weighted by Gasteiger charge is 2.35. The van der Waals surface area contributed by atoms with Crippen LogP contribution < -0.4 is 4.90 Å². The van der Waals surface area contributed by atoms with Crippen LogP contribution in [0.2, 0.25) is 5.02 Å². The summed E-state index contributed by atoms with van der Waals surface area (Å²) in [6.07, 6.45) is 2.89. The van der Waals surface area contributed by atoms with Crippen molar-refractivity contribution in [2.75, 3.05) is 4.90 Å². The average molecular weight is 352 g/mol. The van der Waals surface area contributed by atoms with Gasteiger partial charge in [0.2, 0.25) is 0 Å². The number of aryl methyl sites for hydroxylation is 2. The first-order valence-corrected chi connectivity index (χ1v) is 8.14. The highest BCUT2D eigenvalue weighted by Crippen LogP contribution is 2.32. The minimum absolute atomic E-state index is 0.260. The normalized spacial score (nSPS) is 14.5. The standard InChI is InChI=1S/C19H14ClN3O2/c1-11-7-14-16(8-12(11)2)22(10-21-14)17-9-18(24)23(19(17)25)15-6-4-3-5-13(15)20/h3-10H,1-2H3. The molecular weight excluding hydrogens is 338 g/mol. The number of imide groups is 1. The van der Waals surface area contributed by atoms with Gasteiger partial charge in [-0.1, -0.05) is 23.7 Å². The fourth-order valence-electron chi connectivity index (χ4n) is 2.95. The van der Waals surface area contributed by atoms with Crippen molar-refractivity contribution in [3.8, 4) is 0 Å². The summed E-state index contributed by atoms with van der Waals surface area (Å²) in [6.45, 7) is 4.01. The summed E-state index contributed by atoms with van der Waals surface area (Å²) < 4.78 is 1.65. The van der Waals surface area contributed by atoms with Crippen molar-refractivity contribution in [3.63, 3.8) is 0 Å². The van der Waals surface area contributed by atoms with Gasteiger partial charge in [0, 0.05) is 6.08 Å². The van der Waals surface area contributed by atoms with E-state index < -0.39 is 11.8 Å². The lowest BCUT2D eigenvalue weighted by Crippen LogP contribution is -2.31. The molecule has 0 saturated carbocycles. The summed E-state index contributed by atoms with van der Waals surface area (Å²) in [5, 5.41) is 0.348. The number of para-hydroxylation sites is 1. The molecule has 1 aromatic heterocycles. The highest BCUT2D eigenvalue weighted by atomic mass is 35.5. The van der Waals surface area contributed by atoms with Crippen LogP contribution in [0.25, 0.3) is 16.7 Å². The molecule has 2 heterocycles. The molecule has 0 spiro atoms. The number of anilines is 1. The monoisotopic (exact) mass is 351 g/mol. The average Bonchev–Trinajstić information content (AvgIpc) is 3.09. The predicted molar refractivity (Wildman–Crippen MR) is 97.4 cm³/mol. The largest absolute Gasteiger partial charge is 0.293 e. The molecule has 6 heteroatoms. The molecule has 4 rings (SSSR count). The number of fused-ring (bicyclic) bond motifs is 1. The number of amides is 2. The lowest BCUT2D eigenvalue weighted by molar-refractivity contribution is -0.119. The number of hydrogen-bond donors (Lipinski definition) is 0. The Bertz CT molecular complexity index is 1080. The lowest BCUT2D eigenvalue weighted by Gasteiger charge is -2.16. The van der Waals surface area contributed by atoms with Crippen LogP contribution in [0.1, 0.15) is 11.1 Å². The zero-order valence-electron chi connectivity index (χ0n) is 13.7. The lowest BCUT2D eigenvalue weighted by atomic mass is 10.1. The van der Waals surface area contributed by atoms with Crippen LogP contribution >= 0.6 is 11.6 Å². The molecular formula is C19H14ClN3O2. The second-order valence-corrected chi connectivity index (χ2v) is 6.41. The summed E-state index contributed by atoms with van der Waals surface area (Å²) in [4.78, 5) is 30.8. The van der Waals surface area contributed by atoms with Crippen LogP contribution in [0, 0.1) is 13.8 Å². The number of aromatic nitrogens is 2. The molecule has 3 aromatic rings.